The van der Waals surface area contributed by atoms with E-state index in [-0.39, 0.29) is 5.91 Å². The summed E-state index contributed by atoms with van der Waals surface area (Å²) in [4.78, 5) is 27.3. The molecule has 104 valence electrons. The maximum absolute atomic E-state index is 12.1. The molecule has 1 aromatic heterocycles. The molecule has 7 heteroatoms. The van der Waals surface area contributed by atoms with Crippen molar-refractivity contribution in [2.75, 3.05) is 5.01 Å². The Kier molecular flexibility index (Phi) is 4.67. The fourth-order valence-electron chi connectivity index (χ4n) is 1.52. The van der Waals surface area contributed by atoms with Crippen LogP contribution in [0.2, 0.25) is 0 Å². The van der Waals surface area contributed by atoms with Crippen molar-refractivity contribution in [1.29, 1.82) is 0 Å². The van der Waals surface area contributed by atoms with Gasteiger partial charge in [-0.2, -0.15) is 5.01 Å². The fourth-order valence-corrected chi connectivity index (χ4v) is 2.12. The molecule has 0 atom stereocenters. The van der Waals surface area contributed by atoms with Crippen LogP contribution >= 0.6 is 11.3 Å². The van der Waals surface area contributed by atoms with Crippen LogP contribution in [0, 0.1) is 0 Å². The molecule has 0 aliphatic carbocycles. The molecule has 0 saturated heterocycles. The number of thiazole rings is 1. The van der Waals surface area contributed by atoms with Crippen LogP contribution < -0.4 is 15.8 Å². The molecular formula is C13H14N4O2S. The summed E-state index contributed by atoms with van der Waals surface area (Å²) in [6, 6.07) is 9.09. The lowest BCUT2D eigenvalue weighted by atomic mass is 10.2. The number of nitrogens with one attached hydrogen (secondary N) is 2. The molecule has 0 saturated carbocycles. The molecule has 2 rings (SSSR count). The van der Waals surface area contributed by atoms with E-state index >= 15 is 0 Å². The number of amides is 3. The summed E-state index contributed by atoms with van der Waals surface area (Å²) in [7, 11) is 0. The van der Waals surface area contributed by atoms with Gasteiger partial charge in [-0.15, -0.1) is 11.3 Å². The summed E-state index contributed by atoms with van der Waals surface area (Å²) in [5.74, 6) is -0.338. The van der Waals surface area contributed by atoms with Gasteiger partial charge in [0.25, 0.3) is 0 Å². The molecule has 1 heterocycles. The van der Waals surface area contributed by atoms with Gasteiger partial charge >= 0.3 is 6.03 Å². The van der Waals surface area contributed by atoms with Gasteiger partial charge in [0.2, 0.25) is 11.0 Å². The highest BCUT2D eigenvalue weighted by molar-refractivity contribution is 7.13. The minimum Gasteiger partial charge on any atom is -0.332 e. The van der Waals surface area contributed by atoms with E-state index in [9.17, 15) is 9.59 Å². The second kappa shape index (κ2) is 6.67. The smallest absolute Gasteiger partial charge is 0.332 e. The van der Waals surface area contributed by atoms with Crippen molar-refractivity contribution in [3.8, 4) is 0 Å². The van der Waals surface area contributed by atoms with E-state index in [4.69, 9.17) is 0 Å². The molecule has 0 radical (unpaired) electrons. The fraction of sp³-hybridized carbons (Fsp3) is 0.154. The molecule has 0 unspecified atom stereocenters. The number of aromatic nitrogens is 1. The van der Waals surface area contributed by atoms with Crippen LogP contribution in [0.3, 0.4) is 0 Å². The third-order valence-corrected chi connectivity index (χ3v) is 3.13. The van der Waals surface area contributed by atoms with E-state index < -0.39 is 6.03 Å². The van der Waals surface area contributed by atoms with Crippen molar-refractivity contribution >= 4 is 28.4 Å². The van der Waals surface area contributed by atoms with Crippen LogP contribution in [-0.4, -0.2) is 16.9 Å². The van der Waals surface area contributed by atoms with E-state index in [0.717, 1.165) is 10.6 Å². The van der Waals surface area contributed by atoms with Crippen molar-refractivity contribution in [2.45, 2.75) is 13.5 Å². The summed E-state index contributed by atoms with van der Waals surface area (Å²) in [6.45, 7) is 1.71. The highest BCUT2D eigenvalue weighted by atomic mass is 32.1. The normalized spacial score (nSPS) is 9.85. The molecule has 3 amide bonds. The molecule has 0 aliphatic heterocycles. The van der Waals surface area contributed by atoms with Crippen LogP contribution in [-0.2, 0) is 11.3 Å². The minimum absolute atomic E-state index is 0.338. The number of hydrogen-bond donors (Lipinski definition) is 2. The maximum atomic E-state index is 12.1. The molecule has 2 aromatic rings. The average Bonchev–Trinajstić information content (AvgIpc) is 2.97. The summed E-state index contributed by atoms with van der Waals surface area (Å²) >= 11 is 1.26. The molecule has 20 heavy (non-hydrogen) atoms. The molecule has 1 aromatic carbocycles. The van der Waals surface area contributed by atoms with Gasteiger partial charge < -0.3 is 5.32 Å². The van der Waals surface area contributed by atoms with E-state index in [1.807, 2.05) is 30.3 Å². The number of nitrogens with zero attached hydrogens (tertiary/aromatic N) is 2. The van der Waals surface area contributed by atoms with Crippen LogP contribution in [0.4, 0.5) is 9.93 Å². The Morgan fingerprint density at radius 3 is 2.65 bits per heavy atom. The maximum Gasteiger partial charge on any atom is 0.343 e. The zero-order valence-corrected chi connectivity index (χ0v) is 11.7. The van der Waals surface area contributed by atoms with Crippen LogP contribution in [0.1, 0.15) is 12.5 Å². The Balaban J connectivity index is 2.02. The highest BCUT2D eigenvalue weighted by Gasteiger charge is 2.18. The lowest BCUT2D eigenvalue weighted by Gasteiger charge is -2.20. The molecule has 0 fully saturated rings. The molecular weight excluding hydrogens is 276 g/mol. The quantitative estimate of drug-likeness (QED) is 0.848. The van der Waals surface area contributed by atoms with Crippen molar-refractivity contribution in [2.24, 2.45) is 0 Å². The number of urea groups is 1. The predicted octanol–water partition coefficient (Wildman–Crippen LogP) is 1.91. The largest absolute Gasteiger partial charge is 0.343 e. The Hall–Kier alpha value is -2.41. The highest BCUT2D eigenvalue weighted by Crippen LogP contribution is 2.15. The van der Waals surface area contributed by atoms with E-state index in [1.165, 1.54) is 18.3 Å². The minimum atomic E-state index is -0.431. The van der Waals surface area contributed by atoms with Crippen LogP contribution in [0.15, 0.2) is 41.9 Å². The lowest BCUT2D eigenvalue weighted by molar-refractivity contribution is -0.119. The topological polar surface area (TPSA) is 74.3 Å². The molecule has 6 nitrogen and oxygen atoms in total. The first-order chi connectivity index (χ1) is 9.66. The van der Waals surface area contributed by atoms with Gasteiger partial charge in [0.05, 0.1) is 0 Å². The van der Waals surface area contributed by atoms with E-state index in [2.05, 4.69) is 15.7 Å². The molecule has 0 aliphatic rings. The van der Waals surface area contributed by atoms with E-state index in [1.54, 1.807) is 11.6 Å². The van der Waals surface area contributed by atoms with Crippen molar-refractivity contribution in [3.05, 3.63) is 47.5 Å². The number of anilines is 1. The Labute approximate surface area is 120 Å². The van der Waals surface area contributed by atoms with Crippen molar-refractivity contribution < 1.29 is 9.59 Å². The second-order valence-corrected chi connectivity index (χ2v) is 4.84. The van der Waals surface area contributed by atoms with Gasteiger partial charge in [0.15, 0.2) is 0 Å². The molecule has 0 spiro atoms. The van der Waals surface area contributed by atoms with Gasteiger partial charge in [0, 0.05) is 25.0 Å². The monoisotopic (exact) mass is 290 g/mol. The van der Waals surface area contributed by atoms with Gasteiger partial charge in [-0.1, -0.05) is 30.3 Å². The first-order valence-corrected chi connectivity index (χ1v) is 6.83. The van der Waals surface area contributed by atoms with Crippen LogP contribution in [0.25, 0.3) is 0 Å². The van der Waals surface area contributed by atoms with Crippen molar-refractivity contribution in [1.82, 2.24) is 15.7 Å². The number of benzene rings is 1. The zero-order chi connectivity index (χ0) is 14.4. The van der Waals surface area contributed by atoms with Crippen molar-refractivity contribution in [3.63, 3.8) is 0 Å². The lowest BCUT2D eigenvalue weighted by Crippen LogP contribution is -2.50. The average molecular weight is 290 g/mol. The number of rotatable bonds is 3. The van der Waals surface area contributed by atoms with Gasteiger partial charge in [-0.25, -0.2) is 9.78 Å². The second-order valence-electron chi connectivity index (χ2n) is 3.96. The molecule has 0 bridgehead atoms. The summed E-state index contributed by atoms with van der Waals surface area (Å²) in [5, 5.41) is 5.98. The number of hydrazine groups is 1. The van der Waals surface area contributed by atoms with Crippen LogP contribution in [0.5, 0.6) is 0 Å². The summed E-state index contributed by atoms with van der Waals surface area (Å²) in [5.41, 5.74) is 3.42. The SMILES string of the molecule is CC(=O)NN(C(=O)NCc1ccccc1)c1nccs1. The summed E-state index contributed by atoms with van der Waals surface area (Å²) < 4.78 is 0. The van der Waals surface area contributed by atoms with Gasteiger partial charge in [-0.05, 0) is 5.56 Å². The molecule has 2 N–H and O–H groups in total. The third-order valence-electron chi connectivity index (χ3n) is 2.37. The first kappa shape index (κ1) is 14.0. The summed E-state index contributed by atoms with van der Waals surface area (Å²) in [6.07, 6.45) is 1.57. The predicted molar refractivity (Wildman–Crippen MR) is 77.1 cm³/mol. The van der Waals surface area contributed by atoms with E-state index in [0.29, 0.717) is 11.7 Å². The first-order valence-electron chi connectivity index (χ1n) is 5.95. The zero-order valence-electron chi connectivity index (χ0n) is 10.9. The number of hydrogen-bond acceptors (Lipinski definition) is 4. The Morgan fingerprint density at radius 1 is 1.30 bits per heavy atom. The van der Waals surface area contributed by atoms with Gasteiger partial charge in [-0.3, -0.25) is 10.2 Å². The van der Waals surface area contributed by atoms with Gasteiger partial charge in [0.1, 0.15) is 0 Å². The number of carbonyl (C=O) groups is 2. The Morgan fingerprint density at radius 2 is 2.05 bits per heavy atom. The Bertz CT molecular complexity index is 571. The third kappa shape index (κ3) is 3.79. The standard InChI is InChI=1S/C13H14N4O2S/c1-10(18)16-17(13-14-7-8-20-13)12(19)15-9-11-5-3-2-4-6-11/h2-8H,9H2,1H3,(H,15,19)(H,16,18). The number of carbonyl (C=O) groups excluding carboxylic acids is 2.